The Labute approximate surface area is 83.7 Å². The van der Waals surface area contributed by atoms with E-state index >= 15 is 0 Å². The molecule has 2 rings (SSSR count). The molecule has 0 bridgehead atoms. The molecule has 3 unspecified atom stereocenters. The van der Waals surface area contributed by atoms with Crippen molar-refractivity contribution in [2.45, 2.75) is 45.2 Å². The van der Waals surface area contributed by atoms with Crippen LogP contribution in [0.25, 0.3) is 0 Å². The van der Waals surface area contributed by atoms with Gasteiger partial charge in [0.05, 0.1) is 6.04 Å². The van der Waals surface area contributed by atoms with Crippen molar-refractivity contribution in [3.8, 4) is 0 Å². The Hall–Kier alpha value is -0.970. The van der Waals surface area contributed by atoms with Crippen LogP contribution in [0, 0.1) is 5.92 Å². The lowest BCUT2D eigenvalue weighted by Gasteiger charge is -2.20. The number of aromatic nitrogens is 4. The molecule has 78 valence electrons. The molecule has 5 heteroatoms. The van der Waals surface area contributed by atoms with Crippen LogP contribution in [0.15, 0.2) is 0 Å². The number of nitrogens with zero attached hydrogens (tertiary/aromatic N) is 3. The molecule has 5 nitrogen and oxygen atoms in total. The van der Waals surface area contributed by atoms with Crippen molar-refractivity contribution >= 4 is 0 Å². The summed E-state index contributed by atoms with van der Waals surface area (Å²) in [6, 6.07) is 0.808. The van der Waals surface area contributed by atoms with Crippen molar-refractivity contribution in [2.24, 2.45) is 5.92 Å². The predicted octanol–water partition coefficient (Wildman–Crippen LogP) is 1.04. The highest BCUT2D eigenvalue weighted by Crippen LogP contribution is 2.26. The average molecular weight is 195 g/mol. The third kappa shape index (κ3) is 1.92. The second-order valence-corrected chi connectivity index (χ2v) is 4.17. The molecule has 0 amide bonds. The number of tetrazole rings is 1. The fourth-order valence-corrected chi connectivity index (χ4v) is 2.14. The molecule has 3 atom stereocenters. The van der Waals surface area contributed by atoms with Gasteiger partial charge in [0.15, 0.2) is 5.82 Å². The second kappa shape index (κ2) is 4.04. The van der Waals surface area contributed by atoms with E-state index in [0.717, 1.165) is 11.7 Å². The van der Waals surface area contributed by atoms with Crippen LogP contribution in [0.2, 0.25) is 0 Å². The van der Waals surface area contributed by atoms with E-state index in [1.54, 1.807) is 0 Å². The summed E-state index contributed by atoms with van der Waals surface area (Å²) in [4.78, 5) is 0. The smallest absolute Gasteiger partial charge is 0.191 e. The predicted molar refractivity (Wildman–Crippen MR) is 52.5 cm³/mol. The van der Waals surface area contributed by atoms with Crippen LogP contribution in [0.5, 0.6) is 0 Å². The SMILES string of the molecule is CC(NC1CCCC1C)c1nn[nH]n1. The summed E-state index contributed by atoms with van der Waals surface area (Å²) in [5.74, 6) is 1.52. The van der Waals surface area contributed by atoms with Gasteiger partial charge in [-0.05, 0) is 25.7 Å². The molecule has 14 heavy (non-hydrogen) atoms. The van der Waals surface area contributed by atoms with E-state index in [4.69, 9.17) is 0 Å². The lowest BCUT2D eigenvalue weighted by Crippen LogP contribution is -2.33. The normalized spacial score (nSPS) is 29.3. The summed E-state index contributed by atoms with van der Waals surface area (Å²) < 4.78 is 0. The summed E-state index contributed by atoms with van der Waals surface area (Å²) >= 11 is 0. The van der Waals surface area contributed by atoms with Crippen molar-refractivity contribution in [3.05, 3.63) is 5.82 Å². The molecular formula is C9H17N5. The molecule has 1 aliphatic carbocycles. The fraction of sp³-hybridized carbons (Fsp3) is 0.889. The first kappa shape index (κ1) is 9.58. The summed E-state index contributed by atoms with van der Waals surface area (Å²) in [7, 11) is 0. The molecule has 0 saturated heterocycles. The molecule has 1 aliphatic rings. The van der Waals surface area contributed by atoms with E-state index < -0.39 is 0 Å². The lowest BCUT2D eigenvalue weighted by molar-refractivity contribution is 0.380. The molecule has 1 saturated carbocycles. The van der Waals surface area contributed by atoms with E-state index in [-0.39, 0.29) is 6.04 Å². The van der Waals surface area contributed by atoms with Crippen molar-refractivity contribution in [1.29, 1.82) is 0 Å². The maximum absolute atomic E-state index is 3.97. The summed E-state index contributed by atoms with van der Waals surface area (Å²) in [5.41, 5.74) is 0. The molecule has 0 radical (unpaired) electrons. The van der Waals surface area contributed by atoms with Gasteiger partial charge < -0.3 is 5.32 Å². The minimum atomic E-state index is 0.194. The van der Waals surface area contributed by atoms with Crippen LogP contribution in [0.1, 0.15) is 45.0 Å². The number of H-pyrrole nitrogens is 1. The maximum atomic E-state index is 3.97. The topological polar surface area (TPSA) is 66.5 Å². The van der Waals surface area contributed by atoms with Crippen molar-refractivity contribution in [2.75, 3.05) is 0 Å². The van der Waals surface area contributed by atoms with Crippen LogP contribution in [0.3, 0.4) is 0 Å². The summed E-state index contributed by atoms with van der Waals surface area (Å²) in [6.07, 6.45) is 3.93. The first-order chi connectivity index (χ1) is 6.77. The molecule has 1 heterocycles. The molecule has 1 aromatic heterocycles. The first-order valence-electron chi connectivity index (χ1n) is 5.26. The third-order valence-corrected chi connectivity index (χ3v) is 3.07. The van der Waals surface area contributed by atoms with Gasteiger partial charge in [-0.1, -0.05) is 18.6 Å². The molecule has 1 fully saturated rings. The zero-order chi connectivity index (χ0) is 9.97. The van der Waals surface area contributed by atoms with Crippen LogP contribution in [-0.4, -0.2) is 26.7 Å². The Bertz CT molecular complexity index is 271. The second-order valence-electron chi connectivity index (χ2n) is 4.17. The standard InChI is InChI=1S/C9H17N5/c1-6-4-3-5-8(6)10-7(2)9-11-13-14-12-9/h6-8,10H,3-5H2,1-2H3,(H,11,12,13,14). The van der Waals surface area contributed by atoms with E-state index in [1.165, 1.54) is 19.3 Å². The fourth-order valence-electron chi connectivity index (χ4n) is 2.14. The largest absolute Gasteiger partial charge is 0.304 e. The molecule has 0 aliphatic heterocycles. The van der Waals surface area contributed by atoms with Crippen molar-refractivity contribution in [3.63, 3.8) is 0 Å². The first-order valence-corrected chi connectivity index (χ1v) is 5.26. The quantitative estimate of drug-likeness (QED) is 0.756. The van der Waals surface area contributed by atoms with Gasteiger partial charge in [0.25, 0.3) is 0 Å². The Morgan fingerprint density at radius 3 is 2.93 bits per heavy atom. The summed E-state index contributed by atoms with van der Waals surface area (Å²) in [6.45, 7) is 4.38. The van der Waals surface area contributed by atoms with E-state index in [0.29, 0.717) is 6.04 Å². The van der Waals surface area contributed by atoms with Gasteiger partial charge in [0, 0.05) is 6.04 Å². The minimum Gasteiger partial charge on any atom is -0.304 e. The Morgan fingerprint density at radius 1 is 1.50 bits per heavy atom. The molecule has 2 N–H and O–H groups in total. The zero-order valence-corrected chi connectivity index (χ0v) is 8.70. The number of aromatic amines is 1. The molecular weight excluding hydrogens is 178 g/mol. The van der Waals surface area contributed by atoms with E-state index in [2.05, 4.69) is 39.8 Å². The van der Waals surface area contributed by atoms with Gasteiger partial charge >= 0.3 is 0 Å². The highest BCUT2D eigenvalue weighted by atomic mass is 15.5. The van der Waals surface area contributed by atoms with E-state index in [9.17, 15) is 0 Å². The van der Waals surface area contributed by atoms with Gasteiger partial charge in [-0.2, -0.15) is 5.21 Å². The van der Waals surface area contributed by atoms with Crippen LogP contribution >= 0.6 is 0 Å². The maximum Gasteiger partial charge on any atom is 0.191 e. The van der Waals surface area contributed by atoms with Gasteiger partial charge in [-0.15, -0.1) is 10.2 Å². The average Bonchev–Trinajstić information content (AvgIpc) is 2.77. The van der Waals surface area contributed by atoms with Gasteiger partial charge in [-0.3, -0.25) is 0 Å². The molecule has 0 spiro atoms. The Morgan fingerprint density at radius 2 is 2.36 bits per heavy atom. The Balaban J connectivity index is 1.91. The highest BCUT2D eigenvalue weighted by molar-refractivity contribution is 4.90. The lowest BCUT2D eigenvalue weighted by atomic mass is 10.1. The van der Waals surface area contributed by atoms with Crippen LogP contribution in [0.4, 0.5) is 0 Å². The highest BCUT2D eigenvalue weighted by Gasteiger charge is 2.25. The van der Waals surface area contributed by atoms with Gasteiger partial charge in [-0.25, -0.2) is 0 Å². The van der Waals surface area contributed by atoms with Crippen LogP contribution in [-0.2, 0) is 0 Å². The van der Waals surface area contributed by atoms with Crippen molar-refractivity contribution in [1.82, 2.24) is 25.9 Å². The van der Waals surface area contributed by atoms with Crippen LogP contribution < -0.4 is 5.32 Å². The van der Waals surface area contributed by atoms with Crippen molar-refractivity contribution < 1.29 is 0 Å². The van der Waals surface area contributed by atoms with E-state index in [1.807, 2.05) is 0 Å². The molecule has 0 aromatic carbocycles. The number of hydrogen-bond donors (Lipinski definition) is 2. The zero-order valence-electron chi connectivity index (χ0n) is 8.70. The number of hydrogen-bond acceptors (Lipinski definition) is 4. The van der Waals surface area contributed by atoms with Gasteiger partial charge in [0.1, 0.15) is 0 Å². The summed E-state index contributed by atoms with van der Waals surface area (Å²) in [5, 5.41) is 17.5. The monoisotopic (exact) mass is 195 g/mol. The molecule has 1 aromatic rings. The number of rotatable bonds is 3. The van der Waals surface area contributed by atoms with Gasteiger partial charge in [0.2, 0.25) is 0 Å². The third-order valence-electron chi connectivity index (χ3n) is 3.07. The minimum absolute atomic E-state index is 0.194. The number of nitrogens with one attached hydrogen (secondary N) is 2. The Kier molecular flexibility index (Phi) is 2.77.